The molecule has 0 radical (unpaired) electrons. The topological polar surface area (TPSA) is 78.4 Å². The summed E-state index contributed by atoms with van der Waals surface area (Å²) in [7, 11) is 0. The Morgan fingerprint density at radius 2 is 1.85 bits per heavy atom. The second kappa shape index (κ2) is 7.53. The van der Waals surface area contributed by atoms with E-state index < -0.39 is 18.0 Å². The fraction of sp³-hybridized carbons (Fsp3) is 0.467. The number of anilines is 1. The van der Waals surface area contributed by atoms with Crippen LogP contribution in [0.1, 0.15) is 37.3 Å². The molecule has 110 valence electrons. The number of aryl methyl sites for hydroxylation is 2. The molecule has 0 fully saturated rings. The number of hydrogen-bond donors (Lipinski definition) is 3. The maximum absolute atomic E-state index is 11.9. The first-order valence-electron chi connectivity index (χ1n) is 6.82. The molecular formula is C15H22N2O3. The number of unbranched alkanes of at least 4 members (excludes halogenated alkanes) is 1. The number of para-hydroxylation sites is 1. The summed E-state index contributed by atoms with van der Waals surface area (Å²) in [5.41, 5.74) is 2.62. The van der Waals surface area contributed by atoms with E-state index in [0.29, 0.717) is 6.42 Å². The van der Waals surface area contributed by atoms with Gasteiger partial charge in [0.15, 0.2) is 0 Å². The number of carbonyl (C=O) groups excluding carboxylic acids is 1. The molecule has 1 atom stereocenters. The van der Waals surface area contributed by atoms with Gasteiger partial charge >= 0.3 is 12.0 Å². The van der Waals surface area contributed by atoms with Crippen LogP contribution in [0.15, 0.2) is 18.2 Å². The van der Waals surface area contributed by atoms with E-state index >= 15 is 0 Å². The van der Waals surface area contributed by atoms with Crippen LogP contribution in [0, 0.1) is 13.8 Å². The van der Waals surface area contributed by atoms with Crippen molar-refractivity contribution in [1.29, 1.82) is 0 Å². The van der Waals surface area contributed by atoms with Gasteiger partial charge in [0.25, 0.3) is 0 Å². The molecule has 0 saturated carbocycles. The summed E-state index contributed by atoms with van der Waals surface area (Å²) >= 11 is 0. The molecule has 20 heavy (non-hydrogen) atoms. The number of hydrogen-bond acceptors (Lipinski definition) is 2. The molecule has 0 bridgehead atoms. The van der Waals surface area contributed by atoms with Crippen molar-refractivity contribution >= 4 is 17.7 Å². The number of carboxylic acids is 1. The molecule has 0 aliphatic heterocycles. The zero-order valence-corrected chi connectivity index (χ0v) is 12.2. The van der Waals surface area contributed by atoms with Crippen LogP contribution >= 0.6 is 0 Å². The Balaban J connectivity index is 2.68. The smallest absolute Gasteiger partial charge is 0.326 e. The van der Waals surface area contributed by atoms with E-state index in [1.807, 2.05) is 39.0 Å². The average Bonchev–Trinajstić information content (AvgIpc) is 2.38. The SMILES string of the molecule is CCCCC(NC(=O)Nc1c(C)cccc1C)C(=O)O. The van der Waals surface area contributed by atoms with E-state index in [9.17, 15) is 9.59 Å². The normalized spacial score (nSPS) is 11.8. The Morgan fingerprint density at radius 3 is 2.35 bits per heavy atom. The second-order valence-corrected chi connectivity index (χ2v) is 4.90. The lowest BCUT2D eigenvalue weighted by Gasteiger charge is -2.16. The predicted octanol–water partition coefficient (Wildman–Crippen LogP) is 3.07. The molecule has 0 heterocycles. The van der Waals surface area contributed by atoms with Crippen molar-refractivity contribution in [3.63, 3.8) is 0 Å². The van der Waals surface area contributed by atoms with Gasteiger partial charge in [0, 0.05) is 5.69 Å². The minimum atomic E-state index is -1.00. The Bertz CT molecular complexity index is 466. The molecule has 5 nitrogen and oxygen atoms in total. The van der Waals surface area contributed by atoms with Crippen molar-refractivity contribution in [2.75, 3.05) is 5.32 Å². The van der Waals surface area contributed by atoms with Gasteiger partial charge in [-0.25, -0.2) is 9.59 Å². The van der Waals surface area contributed by atoms with Crippen LogP contribution in [-0.4, -0.2) is 23.1 Å². The molecular weight excluding hydrogens is 256 g/mol. The standard InChI is InChI=1S/C15H22N2O3/c1-4-5-9-12(14(18)19)16-15(20)17-13-10(2)7-6-8-11(13)3/h6-8,12H,4-5,9H2,1-3H3,(H,18,19)(H2,16,17,20). The second-order valence-electron chi connectivity index (χ2n) is 4.90. The molecule has 0 aliphatic rings. The van der Waals surface area contributed by atoms with Gasteiger partial charge in [-0.3, -0.25) is 0 Å². The number of rotatable bonds is 6. The first-order chi connectivity index (χ1) is 9.45. The molecule has 1 rings (SSSR count). The summed E-state index contributed by atoms with van der Waals surface area (Å²) in [6, 6.07) is 4.38. The number of urea groups is 1. The zero-order valence-electron chi connectivity index (χ0n) is 12.2. The first kappa shape index (κ1) is 16.0. The fourth-order valence-corrected chi connectivity index (χ4v) is 1.99. The van der Waals surface area contributed by atoms with Gasteiger partial charge in [0.05, 0.1) is 0 Å². The van der Waals surface area contributed by atoms with E-state index in [0.717, 1.165) is 29.7 Å². The van der Waals surface area contributed by atoms with Crippen LogP contribution in [0.2, 0.25) is 0 Å². The number of aliphatic carboxylic acids is 1. The van der Waals surface area contributed by atoms with Crippen LogP contribution in [0.5, 0.6) is 0 Å². The molecule has 3 N–H and O–H groups in total. The van der Waals surface area contributed by atoms with Crippen LogP contribution in [0.4, 0.5) is 10.5 Å². The number of nitrogens with one attached hydrogen (secondary N) is 2. The molecule has 2 amide bonds. The third kappa shape index (κ3) is 4.57. The highest BCUT2D eigenvalue weighted by molar-refractivity contribution is 5.93. The van der Waals surface area contributed by atoms with E-state index in [2.05, 4.69) is 10.6 Å². The number of benzene rings is 1. The van der Waals surface area contributed by atoms with Gasteiger partial charge < -0.3 is 15.7 Å². The van der Waals surface area contributed by atoms with Gasteiger partial charge in [-0.1, -0.05) is 38.0 Å². The Hall–Kier alpha value is -2.04. The highest BCUT2D eigenvalue weighted by Crippen LogP contribution is 2.19. The number of carbonyl (C=O) groups is 2. The van der Waals surface area contributed by atoms with Crippen molar-refractivity contribution in [3.05, 3.63) is 29.3 Å². The van der Waals surface area contributed by atoms with Crippen molar-refractivity contribution in [2.24, 2.45) is 0 Å². The molecule has 1 aromatic rings. The van der Waals surface area contributed by atoms with Crippen LogP contribution in [0.3, 0.4) is 0 Å². The first-order valence-corrected chi connectivity index (χ1v) is 6.82. The van der Waals surface area contributed by atoms with E-state index in [-0.39, 0.29) is 0 Å². The van der Waals surface area contributed by atoms with E-state index in [4.69, 9.17) is 5.11 Å². The highest BCUT2D eigenvalue weighted by Gasteiger charge is 2.19. The number of carboxylic acid groups (broad SMARTS) is 1. The third-order valence-corrected chi connectivity index (χ3v) is 3.17. The Labute approximate surface area is 119 Å². The Morgan fingerprint density at radius 1 is 1.25 bits per heavy atom. The summed E-state index contributed by atoms with van der Waals surface area (Å²) in [6.07, 6.45) is 2.09. The van der Waals surface area contributed by atoms with E-state index in [1.54, 1.807) is 0 Å². The fourth-order valence-electron chi connectivity index (χ4n) is 1.99. The monoisotopic (exact) mass is 278 g/mol. The molecule has 1 unspecified atom stereocenters. The molecule has 1 aromatic carbocycles. The van der Waals surface area contributed by atoms with Crippen LogP contribution < -0.4 is 10.6 Å². The molecule has 0 aromatic heterocycles. The maximum atomic E-state index is 11.9. The van der Waals surface area contributed by atoms with Gasteiger partial charge in [-0.2, -0.15) is 0 Å². The minimum Gasteiger partial charge on any atom is -0.480 e. The Kier molecular flexibility index (Phi) is 6.03. The molecule has 5 heteroatoms. The summed E-state index contributed by atoms with van der Waals surface area (Å²) in [4.78, 5) is 23.0. The molecule has 0 spiro atoms. The lowest BCUT2D eigenvalue weighted by atomic mass is 10.1. The largest absolute Gasteiger partial charge is 0.480 e. The van der Waals surface area contributed by atoms with Crippen LogP contribution in [-0.2, 0) is 4.79 Å². The summed E-state index contributed by atoms with van der Waals surface area (Å²) in [5, 5.41) is 14.3. The van der Waals surface area contributed by atoms with Gasteiger partial charge in [-0.15, -0.1) is 0 Å². The third-order valence-electron chi connectivity index (χ3n) is 3.17. The minimum absolute atomic E-state index is 0.437. The highest BCUT2D eigenvalue weighted by atomic mass is 16.4. The summed E-state index contributed by atoms with van der Waals surface area (Å²) in [6.45, 7) is 5.78. The maximum Gasteiger partial charge on any atom is 0.326 e. The van der Waals surface area contributed by atoms with Crippen molar-refractivity contribution in [1.82, 2.24) is 5.32 Å². The quantitative estimate of drug-likeness (QED) is 0.748. The van der Waals surface area contributed by atoms with Crippen LogP contribution in [0.25, 0.3) is 0 Å². The van der Waals surface area contributed by atoms with Crippen molar-refractivity contribution in [3.8, 4) is 0 Å². The lowest BCUT2D eigenvalue weighted by molar-refractivity contribution is -0.139. The summed E-state index contributed by atoms with van der Waals surface area (Å²) in [5.74, 6) is -1.00. The van der Waals surface area contributed by atoms with Gasteiger partial charge in [0.1, 0.15) is 6.04 Å². The van der Waals surface area contributed by atoms with Crippen molar-refractivity contribution < 1.29 is 14.7 Å². The molecule has 0 saturated heterocycles. The predicted molar refractivity (Wildman–Crippen MR) is 79.0 cm³/mol. The summed E-state index contributed by atoms with van der Waals surface area (Å²) < 4.78 is 0. The van der Waals surface area contributed by atoms with Gasteiger partial charge in [0.2, 0.25) is 0 Å². The van der Waals surface area contributed by atoms with Gasteiger partial charge in [-0.05, 0) is 31.4 Å². The average molecular weight is 278 g/mol. The van der Waals surface area contributed by atoms with Crippen molar-refractivity contribution in [2.45, 2.75) is 46.1 Å². The molecule has 0 aliphatic carbocycles. The van der Waals surface area contributed by atoms with E-state index in [1.165, 1.54) is 0 Å². The zero-order chi connectivity index (χ0) is 15.1. The lowest BCUT2D eigenvalue weighted by Crippen LogP contribution is -2.43. The number of amides is 2.